The summed E-state index contributed by atoms with van der Waals surface area (Å²) in [6, 6.07) is 16.7. The van der Waals surface area contributed by atoms with E-state index in [9.17, 15) is 9.90 Å². The molecule has 0 aromatic heterocycles. The van der Waals surface area contributed by atoms with Crippen molar-refractivity contribution in [2.45, 2.75) is 19.4 Å². The number of rotatable bonds is 6. The molecular formula is C17H19NO3. The van der Waals surface area contributed by atoms with Crippen molar-refractivity contribution in [1.29, 1.82) is 0 Å². The lowest BCUT2D eigenvalue weighted by molar-refractivity contribution is -0.136. The van der Waals surface area contributed by atoms with Gasteiger partial charge in [0.2, 0.25) is 0 Å². The normalized spacial score (nSPS) is 11.9. The molecule has 0 radical (unpaired) electrons. The number of carbonyl (C=O) groups is 1. The average molecular weight is 285 g/mol. The van der Waals surface area contributed by atoms with Crippen LogP contribution in [-0.4, -0.2) is 22.7 Å². The molecule has 0 aliphatic rings. The van der Waals surface area contributed by atoms with Gasteiger partial charge in [-0.15, -0.1) is 0 Å². The third-order valence-corrected chi connectivity index (χ3v) is 3.51. The molecule has 4 nitrogen and oxygen atoms in total. The Morgan fingerprint density at radius 1 is 1.10 bits per heavy atom. The number of para-hydroxylation sites is 2. The van der Waals surface area contributed by atoms with Crippen molar-refractivity contribution < 1.29 is 15.0 Å². The van der Waals surface area contributed by atoms with E-state index in [1.165, 1.54) is 0 Å². The SMILES string of the molecule is CC(c1ccccc1O)N(CCC(=O)O)c1ccccc1. The molecule has 0 saturated heterocycles. The molecule has 0 heterocycles. The lowest BCUT2D eigenvalue weighted by atomic mass is 10.0. The molecule has 2 aromatic rings. The molecule has 2 N–H and O–H groups in total. The fourth-order valence-electron chi connectivity index (χ4n) is 2.39. The number of carboxylic acid groups (broad SMARTS) is 1. The van der Waals surface area contributed by atoms with Crippen molar-refractivity contribution in [3.8, 4) is 5.75 Å². The van der Waals surface area contributed by atoms with Gasteiger partial charge in [-0.05, 0) is 25.1 Å². The Morgan fingerprint density at radius 2 is 1.71 bits per heavy atom. The molecule has 1 unspecified atom stereocenters. The summed E-state index contributed by atoms with van der Waals surface area (Å²) in [5.41, 5.74) is 1.72. The van der Waals surface area contributed by atoms with Crippen LogP contribution in [0.1, 0.15) is 24.9 Å². The van der Waals surface area contributed by atoms with E-state index < -0.39 is 5.97 Å². The van der Waals surface area contributed by atoms with Gasteiger partial charge < -0.3 is 15.1 Å². The molecule has 0 saturated carbocycles. The maximum absolute atomic E-state index is 10.9. The summed E-state index contributed by atoms with van der Waals surface area (Å²) >= 11 is 0. The molecule has 4 heteroatoms. The minimum Gasteiger partial charge on any atom is -0.508 e. The minimum absolute atomic E-state index is 0.0484. The molecule has 1 atom stereocenters. The summed E-state index contributed by atoms with van der Waals surface area (Å²) in [5, 5.41) is 19.0. The van der Waals surface area contributed by atoms with Gasteiger partial charge in [-0.25, -0.2) is 0 Å². The van der Waals surface area contributed by atoms with Crippen LogP contribution in [-0.2, 0) is 4.79 Å². The van der Waals surface area contributed by atoms with E-state index in [1.807, 2.05) is 54.3 Å². The molecular weight excluding hydrogens is 266 g/mol. The van der Waals surface area contributed by atoms with E-state index in [4.69, 9.17) is 5.11 Å². The predicted octanol–water partition coefficient (Wildman–Crippen LogP) is 3.43. The summed E-state index contributed by atoms with van der Waals surface area (Å²) in [5.74, 6) is -0.610. The van der Waals surface area contributed by atoms with E-state index in [2.05, 4.69) is 0 Å². The van der Waals surface area contributed by atoms with Crippen LogP contribution in [0.5, 0.6) is 5.75 Å². The van der Waals surface area contributed by atoms with Gasteiger partial charge in [0, 0.05) is 17.8 Å². The third kappa shape index (κ3) is 3.75. The number of carboxylic acids is 1. The Hall–Kier alpha value is -2.49. The monoisotopic (exact) mass is 285 g/mol. The second-order valence-corrected chi connectivity index (χ2v) is 4.91. The summed E-state index contributed by atoms with van der Waals surface area (Å²) in [6.45, 7) is 2.35. The molecule has 0 fully saturated rings. The summed E-state index contributed by atoms with van der Waals surface area (Å²) in [4.78, 5) is 12.9. The maximum Gasteiger partial charge on any atom is 0.305 e. The van der Waals surface area contributed by atoms with Crippen molar-refractivity contribution >= 4 is 11.7 Å². The van der Waals surface area contributed by atoms with E-state index in [-0.39, 0.29) is 18.2 Å². The first kappa shape index (κ1) is 14.9. The zero-order chi connectivity index (χ0) is 15.2. The van der Waals surface area contributed by atoms with Crippen molar-refractivity contribution in [3.63, 3.8) is 0 Å². The number of hydrogen-bond acceptors (Lipinski definition) is 3. The Balaban J connectivity index is 2.30. The van der Waals surface area contributed by atoms with Crippen LogP contribution in [0, 0.1) is 0 Å². The molecule has 0 aliphatic carbocycles. The number of phenols is 1. The van der Waals surface area contributed by atoms with E-state index in [0.29, 0.717) is 6.54 Å². The highest BCUT2D eigenvalue weighted by Gasteiger charge is 2.19. The molecule has 110 valence electrons. The number of aromatic hydroxyl groups is 1. The lowest BCUT2D eigenvalue weighted by Crippen LogP contribution is -2.29. The van der Waals surface area contributed by atoms with Gasteiger partial charge in [-0.2, -0.15) is 0 Å². The Labute approximate surface area is 124 Å². The first-order valence-corrected chi connectivity index (χ1v) is 6.91. The minimum atomic E-state index is -0.833. The van der Waals surface area contributed by atoms with Crippen LogP contribution in [0.15, 0.2) is 54.6 Å². The number of anilines is 1. The van der Waals surface area contributed by atoms with Crippen LogP contribution in [0.3, 0.4) is 0 Å². The van der Waals surface area contributed by atoms with Crippen molar-refractivity contribution in [3.05, 3.63) is 60.2 Å². The largest absolute Gasteiger partial charge is 0.508 e. The van der Waals surface area contributed by atoms with Crippen molar-refractivity contribution in [2.75, 3.05) is 11.4 Å². The molecule has 21 heavy (non-hydrogen) atoms. The number of hydrogen-bond donors (Lipinski definition) is 2. The third-order valence-electron chi connectivity index (χ3n) is 3.51. The topological polar surface area (TPSA) is 60.8 Å². The Bertz CT molecular complexity index is 598. The summed E-state index contributed by atoms with van der Waals surface area (Å²) < 4.78 is 0. The van der Waals surface area contributed by atoms with Gasteiger partial charge in [-0.3, -0.25) is 4.79 Å². The Kier molecular flexibility index (Phi) is 4.82. The summed E-state index contributed by atoms with van der Waals surface area (Å²) in [6.07, 6.45) is 0.0484. The molecule has 2 aromatic carbocycles. The zero-order valence-electron chi connectivity index (χ0n) is 11.9. The zero-order valence-corrected chi connectivity index (χ0v) is 11.9. The van der Waals surface area contributed by atoms with Crippen LogP contribution in [0.25, 0.3) is 0 Å². The quantitative estimate of drug-likeness (QED) is 0.853. The number of nitrogens with zero attached hydrogens (tertiary/aromatic N) is 1. The van der Waals surface area contributed by atoms with Crippen LogP contribution in [0.2, 0.25) is 0 Å². The van der Waals surface area contributed by atoms with E-state index in [1.54, 1.807) is 12.1 Å². The average Bonchev–Trinajstić information content (AvgIpc) is 2.48. The van der Waals surface area contributed by atoms with Gasteiger partial charge >= 0.3 is 5.97 Å². The molecule has 0 aliphatic heterocycles. The molecule has 0 amide bonds. The summed E-state index contributed by atoms with van der Waals surface area (Å²) in [7, 11) is 0. The lowest BCUT2D eigenvalue weighted by Gasteiger charge is -2.31. The van der Waals surface area contributed by atoms with Crippen molar-refractivity contribution in [2.24, 2.45) is 0 Å². The molecule has 0 spiro atoms. The Morgan fingerprint density at radius 3 is 2.33 bits per heavy atom. The van der Waals surface area contributed by atoms with Crippen LogP contribution in [0.4, 0.5) is 5.69 Å². The maximum atomic E-state index is 10.9. The van der Waals surface area contributed by atoms with Gasteiger partial charge in [0.25, 0.3) is 0 Å². The van der Waals surface area contributed by atoms with Gasteiger partial charge in [0.05, 0.1) is 12.5 Å². The second kappa shape index (κ2) is 6.79. The first-order valence-electron chi connectivity index (χ1n) is 6.91. The second-order valence-electron chi connectivity index (χ2n) is 4.91. The fourth-order valence-corrected chi connectivity index (χ4v) is 2.39. The highest BCUT2D eigenvalue weighted by Crippen LogP contribution is 2.31. The van der Waals surface area contributed by atoms with E-state index in [0.717, 1.165) is 11.3 Å². The predicted molar refractivity (Wildman–Crippen MR) is 82.6 cm³/mol. The molecule has 0 bridgehead atoms. The smallest absolute Gasteiger partial charge is 0.305 e. The first-order chi connectivity index (χ1) is 10.1. The van der Waals surface area contributed by atoms with E-state index >= 15 is 0 Å². The highest BCUT2D eigenvalue weighted by atomic mass is 16.4. The number of benzene rings is 2. The number of aliphatic carboxylic acids is 1. The van der Waals surface area contributed by atoms with Gasteiger partial charge in [-0.1, -0.05) is 36.4 Å². The number of phenolic OH excluding ortho intramolecular Hbond substituents is 1. The molecule has 2 rings (SSSR count). The van der Waals surface area contributed by atoms with Gasteiger partial charge in [0.1, 0.15) is 5.75 Å². The van der Waals surface area contributed by atoms with Gasteiger partial charge in [0.15, 0.2) is 0 Å². The van der Waals surface area contributed by atoms with Crippen LogP contribution < -0.4 is 4.90 Å². The standard InChI is InChI=1S/C17H19NO3/c1-13(15-9-5-6-10-16(15)19)18(12-11-17(20)21)14-7-3-2-4-8-14/h2-10,13,19H,11-12H2,1H3,(H,20,21). The van der Waals surface area contributed by atoms with Crippen molar-refractivity contribution in [1.82, 2.24) is 0 Å². The van der Waals surface area contributed by atoms with Crippen LogP contribution >= 0.6 is 0 Å². The highest BCUT2D eigenvalue weighted by molar-refractivity contribution is 5.68. The fraction of sp³-hybridized carbons (Fsp3) is 0.235.